The number of aromatic nitrogens is 2. The summed E-state index contributed by atoms with van der Waals surface area (Å²) in [6.07, 6.45) is 4.57. The molecule has 0 amide bonds. The Balaban J connectivity index is 2.37. The van der Waals surface area contributed by atoms with Crippen molar-refractivity contribution in [3.63, 3.8) is 0 Å². The molecule has 1 heterocycles. The standard InChI is InChI=1S/C10H16IN3S/c1-3-15-5-4-8(2)14-10-9(11)6-12-7-13-10/h6-8H,3-5H2,1-2H3,(H,12,13,14). The number of nitrogens with zero attached hydrogens (tertiary/aromatic N) is 2. The number of anilines is 1. The quantitative estimate of drug-likeness (QED) is 0.640. The van der Waals surface area contributed by atoms with Gasteiger partial charge in [0.1, 0.15) is 12.1 Å². The second-order valence-corrected chi connectivity index (χ2v) is 5.81. The summed E-state index contributed by atoms with van der Waals surface area (Å²) >= 11 is 4.22. The highest BCUT2D eigenvalue weighted by Gasteiger charge is 2.05. The third-order valence-corrected chi connectivity index (χ3v) is 3.67. The van der Waals surface area contributed by atoms with Gasteiger partial charge in [0.05, 0.1) is 3.57 Å². The molecule has 0 saturated carbocycles. The SMILES string of the molecule is CCSCCC(C)Nc1ncncc1I. The van der Waals surface area contributed by atoms with Crippen molar-refractivity contribution in [3.8, 4) is 0 Å². The fourth-order valence-electron chi connectivity index (χ4n) is 1.13. The number of hydrogen-bond donors (Lipinski definition) is 1. The molecule has 84 valence electrons. The molecule has 0 spiro atoms. The Morgan fingerprint density at radius 1 is 1.60 bits per heavy atom. The monoisotopic (exact) mass is 337 g/mol. The zero-order valence-electron chi connectivity index (χ0n) is 9.03. The maximum absolute atomic E-state index is 4.21. The first-order chi connectivity index (χ1) is 7.24. The van der Waals surface area contributed by atoms with Crippen molar-refractivity contribution in [1.82, 2.24) is 9.97 Å². The average Bonchev–Trinajstić information content (AvgIpc) is 2.22. The maximum Gasteiger partial charge on any atom is 0.143 e. The van der Waals surface area contributed by atoms with E-state index in [1.807, 2.05) is 18.0 Å². The minimum absolute atomic E-state index is 0.465. The Morgan fingerprint density at radius 3 is 3.07 bits per heavy atom. The molecule has 1 N–H and O–H groups in total. The first kappa shape index (κ1) is 13.0. The van der Waals surface area contributed by atoms with Crippen LogP contribution in [-0.4, -0.2) is 27.5 Å². The highest BCUT2D eigenvalue weighted by Crippen LogP contribution is 2.15. The van der Waals surface area contributed by atoms with Gasteiger partial charge >= 0.3 is 0 Å². The summed E-state index contributed by atoms with van der Waals surface area (Å²) in [5.74, 6) is 3.34. The molecule has 0 aromatic carbocycles. The third kappa shape index (κ3) is 5.01. The van der Waals surface area contributed by atoms with Gasteiger partial charge in [-0.05, 0) is 47.4 Å². The van der Waals surface area contributed by atoms with E-state index in [0.29, 0.717) is 6.04 Å². The molecule has 1 aromatic rings. The minimum Gasteiger partial charge on any atom is -0.367 e. The van der Waals surface area contributed by atoms with E-state index in [1.165, 1.54) is 17.9 Å². The average molecular weight is 337 g/mol. The van der Waals surface area contributed by atoms with Crippen molar-refractivity contribution in [2.45, 2.75) is 26.3 Å². The van der Waals surface area contributed by atoms with Gasteiger partial charge in [0, 0.05) is 12.2 Å². The summed E-state index contributed by atoms with van der Waals surface area (Å²) in [6, 6.07) is 0.465. The zero-order valence-corrected chi connectivity index (χ0v) is 12.0. The Kier molecular flexibility index (Phi) is 6.31. The van der Waals surface area contributed by atoms with Crippen LogP contribution in [0.5, 0.6) is 0 Å². The van der Waals surface area contributed by atoms with E-state index >= 15 is 0 Å². The Morgan fingerprint density at radius 2 is 2.40 bits per heavy atom. The molecule has 3 nitrogen and oxygen atoms in total. The first-order valence-corrected chi connectivity index (χ1v) is 7.27. The summed E-state index contributed by atoms with van der Waals surface area (Å²) in [6.45, 7) is 4.38. The molecule has 1 aromatic heterocycles. The van der Waals surface area contributed by atoms with Gasteiger partial charge in [-0.25, -0.2) is 9.97 Å². The number of halogens is 1. The Hall–Kier alpha value is -0.0400. The van der Waals surface area contributed by atoms with Crippen LogP contribution in [0.25, 0.3) is 0 Å². The number of nitrogens with one attached hydrogen (secondary N) is 1. The van der Waals surface area contributed by atoms with Crippen LogP contribution >= 0.6 is 34.4 Å². The van der Waals surface area contributed by atoms with E-state index in [0.717, 1.165) is 9.39 Å². The van der Waals surface area contributed by atoms with Crippen LogP contribution < -0.4 is 5.32 Å². The van der Waals surface area contributed by atoms with Gasteiger partial charge in [-0.15, -0.1) is 0 Å². The molecule has 1 atom stereocenters. The highest BCUT2D eigenvalue weighted by atomic mass is 127. The summed E-state index contributed by atoms with van der Waals surface area (Å²) in [5.41, 5.74) is 0. The topological polar surface area (TPSA) is 37.8 Å². The van der Waals surface area contributed by atoms with Crippen molar-refractivity contribution in [2.24, 2.45) is 0 Å². The van der Waals surface area contributed by atoms with Crippen molar-refractivity contribution in [1.29, 1.82) is 0 Å². The van der Waals surface area contributed by atoms with Crippen LogP contribution in [0.1, 0.15) is 20.3 Å². The molecule has 5 heteroatoms. The predicted molar refractivity (Wildman–Crippen MR) is 75.4 cm³/mol. The van der Waals surface area contributed by atoms with Gasteiger partial charge in [-0.3, -0.25) is 0 Å². The van der Waals surface area contributed by atoms with E-state index in [4.69, 9.17) is 0 Å². The van der Waals surface area contributed by atoms with Gasteiger partial charge in [0.2, 0.25) is 0 Å². The lowest BCUT2D eigenvalue weighted by molar-refractivity contribution is 0.764. The molecule has 1 unspecified atom stereocenters. The minimum atomic E-state index is 0.465. The van der Waals surface area contributed by atoms with Crippen LogP contribution in [0, 0.1) is 3.57 Å². The molecule has 15 heavy (non-hydrogen) atoms. The molecule has 0 bridgehead atoms. The summed E-state index contributed by atoms with van der Waals surface area (Å²) in [4.78, 5) is 8.17. The van der Waals surface area contributed by atoms with Gasteiger partial charge in [0.25, 0.3) is 0 Å². The molecule has 0 saturated heterocycles. The number of hydrogen-bond acceptors (Lipinski definition) is 4. The lowest BCUT2D eigenvalue weighted by Crippen LogP contribution is -2.17. The highest BCUT2D eigenvalue weighted by molar-refractivity contribution is 14.1. The van der Waals surface area contributed by atoms with E-state index in [-0.39, 0.29) is 0 Å². The van der Waals surface area contributed by atoms with Crippen molar-refractivity contribution < 1.29 is 0 Å². The fraction of sp³-hybridized carbons (Fsp3) is 0.600. The van der Waals surface area contributed by atoms with E-state index < -0.39 is 0 Å². The zero-order chi connectivity index (χ0) is 11.1. The summed E-state index contributed by atoms with van der Waals surface area (Å²) in [7, 11) is 0. The van der Waals surface area contributed by atoms with Crippen molar-refractivity contribution in [2.75, 3.05) is 16.8 Å². The van der Waals surface area contributed by atoms with E-state index in [2.05, 4.69) is 51.7 Å². The van der Waals surface area contributed by atoms with Crippen LogP contribution in [-0.2, 0) is 0 Å². The van der Waals surface area contributed by atoms with Crippen LogP contribution in [0.2, 0.25) is 0 Å². The normalized spacial score (nSPS) is 12.5. The van der Waals surface area contributed by atoms with Gasteiger partial charge in [-0.2, -0.15) is 11.8 Å². The Labute approximate surface area is 109 Å². The van der Waals surface area contributed by atoms with Crippen LogP contribution in [0.4, 0.5) is 5.82 Å². The lowest BCUT2D eigenvalue weighted by atomic mass is 10.2. The second kappa shape index (κ2) is 7.27. The molecule has 0 aliphatic carbocycles. The summed E-state index contributed by atoms with van der Waals surface area (Å²) in [5, 5.41) is 3.40. The Bertz CT molecular complexity index is 296. The van der Waals surface area contributed by atoms with Crippen LogP contribution in [0.15, 0.2) is 12.5 Å². The molecule has 0 radical (unpaired) electrons. The number of rotatable bonds is 6. The molecule has 0 fully saturated rings. The molecule has 0 aliphatic heterocycles. The van der Waals surface area contributed by atoms with Crippen molar-refractivity contribution >= 4 is 40.2 Å². The van der Waals surface area contributed by atoms with Crippen molar-refractivity contribution in [3.05, 3.63) is 16.1 Å². The van der Waals surface area contributed by atoms with Gasteiger partial charge < -0.3 is 5.32 Å². The lowest BCUT2D eigenvalue weighted by Gasteiger charge is -2.14. The van der Waals surface area contributed by atoms with E-state index in [1.54, 1.807) is 6.33 Å². The molecule has 1 rings (SSSR count). The first-order valence-electron chi connectivity index (χ1n) is 5.03. The number of thioether (sulfide) groups is 1. The van der Waals surface area contributed by atoms with Gasteiger partial charge in [0.15, 0.2) is 0 Å². The van der Waals surface area contributed by atoms with Crippen LogP contribution in [0.3, 0.4) is 0 Å². The smallest absolute Gasteiger partial charge is 0.143 e. The predicted octanol–water partition coefficient (Wildman–Crippen LogP) is 3.02. The molecular weight excluding hydrogens is 321 g/mol. The molecular formula is C10H16IN3S. The fourth-order valence-corrected chi connectivity index (χ4v) is 2.39. The third-order valence-electron chi connectivity index (χ3n) is 1.95. The largest absolute Gasteiger partial charge is 0.367 e. The summed E-state index contributed by atoms with van der Waals surface area (Å²) < 4.78 is 1.07. The van der Waals surface area contributed by atoms with E-state index in [9.17, 15) is 0 Å². The second-order valence-electron chi connectivity index (χ2n) is 3.25. The maximum atomic E-state index is 4.21. The molecule has 0 aliphatic rings. The van der Waals surface area contributed by atoms with Gasteiger partial charge in [-0.1, -0.05) is 6.92 Å².